The molecule has 0 saturated carbocycles. The fourth-order valence-electron chi connectivity index (χ4n) is 5.81. The Labute approximate surface area is 258 Å². The molecule has 1 aliphatic rings. The Balaban J connectivity index is 1.40. The summed E-state index contributed by atoms with van der Waals surface area (Å²) in [7, 11) is 1.82. The number of fused-ring (bicyclic) bond motifs is 4. The molecular formula is C34H32F2N6O3. The lowest BCUT2D eigenvalue weighted by Gasteiger charge is -2.22. The molecule has 1 N–H and O–H groups in total. The second-order valence-corrected chi connectivity index (χ2v) is 11.3. The molecule has 0 radical (unpaired) electrons. The minimum absolute atomic E-state index is 0.0625. The number of nitrogens with zero attached hydrogens (tertiary/aromatic N) is 5. The van der Waals surface area contributed by atoms with E-state index in [4.69, 9.17) is 4.98 Å². The van der Waals surface area contributed by atoms with Gasteiger partial charge in [-0.25, -0.2) is 4.98 Å². The number of anilines is 1. The van der Waals surface area contributed by atoms with Gasteiger partial charge in [-0.2, -0.15) is 13.9 Å². The first kappa shape index (κ1) is 29.9. The summed E-state index contributed by atoms with van der Waals surface area (Å²) in [6.07, 6.45) is 6.80. The number of alkyl halides is 2. The number of carbonyl (C=O) groups is 1. The lowest BCUT2D eigenvalue weighted by molar-refractivity contribution is -0.119. The van der Waals surface area contributed by atoms with Crippen LogP contribution in [0.3, 0.4) is 0 Å². The third kappa shape index (κ3) is 6.24. The van der Waals surface area contributed by atoms with Gasteiger partial charge in [0.2, 0.25) is 5.91 Å². The number of halogens is 2. The number of hydrogen-bond donors (Lipinski definition) is 1. The molecule has 11 heteroatoms. The molecule has 230 valence electrons. The molecule has 6 rings (SSSR count). The number of nitrogens with one attached hydrogen (secondary N) is 1. The van der Waals surface area contributed by atoms with E-state index in [1.165, 1.54) is 18.2 Å². The first-order chi connectivity index (χ1) is 21.7. The number of aryl methyl sites for hydroxylation is 2. The third-order valence-electron chi connectivity index (χ3n) is 8.17. The van der Waals surface area contributed by atoms with Crippen LogP contribution in [0.15, 0.2) is 84.2 Å². The molecule has 2 aromatic carbocycles. The summed E-state index contributed by atoms with van der Waals surface area (Å²) >= 11 is 0. The van der Waals surface area contributed by atoms with E-state index in [9.17, 15) is 18.4 Å². The Morgan fingerprint density at radius 3 is 2.51 bits per heavy atom. The zero-order valence-electron chi connectivity index (χ0n) is 25.1. The molecule has 0 fully saturated rings. The molecule has 1 aliphatic heterocycles. The molecule has 1 amide bonds. The number of rotatable bonds is 5. The largest absolute Gasteiger partial charge is 0.435 e. The van der Waals surface area contributed by atoms with Crippen molar-refractivity contribution in [2.24, 2.45) is 13.0 Å². The van der Waals surface area contributed by atoms with E-state index in [-0.39, 0.29) is 23.1 Å². The first-order valence-corrected chi connectivity index (χ1v) is 14.7. The van der Waals surface area contributed by atoms with E-state index in [1.807, 2.05) is 51.2 Å². The van der Waals surface area contributed by atoms with Gasteiger partial charge in [-0.1, -0.05) is 43.2 Å². The maximum atomic E-state index is 13.8. The van der Waals surface area contributed by atoms with Crippen LogP contribution in [0.4, 0.5) is 14.5 Å². The van der Waals surface area contributed by atoms with Gasteiger partial charge in [-0.05, 0) is 61.2 Å². The number of ether oxygens (including phenoxy) is 1. The SMILES string of the molecule is Cc1ccc(-c2ccc(OC(F)F)cc2)c(-c2cc(=O)n([C@H]3CCC[C@@H](C)C(=O)Nc4cnn(C)c4-c4ccnc3c4)cn2)c1. The van der Waals surface area contributed by atoms with E-state index in [0.717, 1.165) is 33.5 Å². The van der Waals surface area contributed by atoms with Crippen LogP contribution in [-0.2, 0) is 11.8 Å². The highest BCUT2D eigenvalue weighted by molar-refractivity contribution is 5.95. The van der Waals surface area contributed by atoms with Crippen molar-refractivity contribution in [1.82, 2.24) is 24.3 Å². The van der Waals surface area contributed by atoms with Gasteiger partial charge in [-0.3, -0.25) is 23.8 Å². The zero-order chi connectivity index (χ0) is 31.7. The fourth-order valence-corrected chi connectivity index (χ4v) is 5.81. The highest BCUT2D eigenvalue weighted by Crippen LogP contribution is 2.35. The van der Waals surface area contributed by atoms with E-state index in [2.05, 4.69) is 20.1 Å². The number of benzene rings is 2. The summed E-state index contributed by atoms with van der Waals surface area (Å²) in [6, 6.07) is 17.1. The van der Waals surface area contributed by atoms with Gasteiger partial charge in [0.15, 0.2) is 0 Å². The van der Waals surface area contributed by atoms with Crippen molar-refractivity contribution in [2.75, 3.05) is 5.32 Å². The van der Waals surface area contributed by atoms with Crippen molar-refractivity contribution in [3.8, 4) is 39.4 Å². The van der Waals surface area contributed by atoms with E-state index < -0.39 is 12.7 Å². The molecule has 0 spiro atoms. The summed E-state index contributed by atoms with van der Waals surface area (Å²) in [6.45, 7) is 0.938. The summed E-state index contributed by atoms with van der Waals surface area (Å²) in [5.74, 6) is -0.256. The summed E-state index contributed by atoms with van der Waals surface area (Å²) in [5, 5.41) is 7.38. The Bertz CT molecular complexity index is 1920. The summed E-state index contributed by atoms with van der Waals surface area (Å²) in [4.78, 5) is 36.2. The summed E-state index contributed by atoms with van der Waals surface area (Å²) < 4.78 is 33.1. The Morgan fingerprint density at radius 2 is 1.76 bits per heavy atom. The molecule has 9 nitrogen and oxygen atoms in total. The maximum absolute atomic E-state index is 13.8. The minimum Gasteiger partial charge on any atom is -0.435 e. The number of carbonyl (C=O) groups excluding carboxylic acids is 1. The predicted molar refractivity (Wildman–Crippen MR) is 167 cm³/mol. The lowest BCUT2D eigenvalue weighted by atomic mass is 9.95. The molecule has 0 saturated heterocycles. The Kier molecular flexibility index (Phi) is 8.25. The molecule has 45 heavy (non-hydrogen) atoms. The van der Waals surface area contributed by atoms with Crippen LogP contribution in [0.5, 0.6) is 5.75 Å². The van der Waals surface area contributed by atoms with Crippen molar-refractivity contribution >= 4 is 11.6 Å². The Morgan fingerprint density at radius 1 is 0.956 bits per heavy atom. The van der Waals surface area contributed by atoms with Gasteiger partial charge in [0.05, 0.1) is 41.3 Å². The topological polar surface area (TPSA) is 104 Å². The van der Waals surface area contributed by atoms with Gasteiger partial charge < -0.3 is 10.1 Å². The second-order valence-electron chi connectivity index (χ2n) is 11.3. The highest BCUT2D eigenvalue weighted by Gasteiger charge is 2.24. The first-order valence-electron chi connectivity index (χ1n) is 14.7. The van der Waals surface area contributed by atoms with Crippen molar-refractivity contribution in [3.63, 3.8) is 0 Å². The van der Waals surface area contributed by atoms with Crippen LogP contribution in [0.2, 0.25) is 0 Å². The van der Waals surface area contributed by atoms with Crippen LogP contribution in [-0.4, -0.2) is 36.8 Å². The van der Waals surface area contributed by atoms with E-state index in [0.29, 0.717) is 36.3 Å². The van der Waals surface area contributed by atoms with Crippen molar-refractivity contribution < 1.29 is 18.3 Å². The molecule has 2 atom stereocenters. The van der Waals surface area contributed by atoms with Gasteiger partial charge >= 0.3 is 6.61 Å². The average Bonchev–Trinajstić information content (AvgIpc) is 3.38. The van der Waals surface area contributed by atoms with Crippen LogP contribution in [0, 0.1) is 12.8 Å². The predicted octanol–water partition coefficient (Wildman–Crippen LogP) is 6.63. The van der Waals surface area contributed by atoms with Crippen LogP contribution >= 0.6 is 0 Å². The second kappa shape index (κ2) is 12.4. The molecule has 3 aromatic heterocycles. The maximum Gasteiger partial charge on any atom is 0.387 e. The highest BCUT2D eigenvalue weighted by atomic mass is 19.3. The van der Waals surface area contributed by atoms with Crippen LogP contribution in [0.25, 0.3) is 33.6 Å². The number of pyridine rings is 1. The Hall–Kier alpha value is -5.19. The normalized spacial score (nSPS) is 16.8. The molecular weight excluding hydrogens is 578 g/mol. The van der Waals surface area contributed by atoms with Gasteiger partial charge in [0.1, 0.15) is 5.75 Å². The van der Waals surface area contributed by atoms with Crippen LogP contribution < -0.4 is 15.6 Å². The standard InChI is InChI=1S/C34H32F2N6O3/c1-20-7-12-25(22-8-10-24(11-9-22)45-34(35)36)26(15-20)27-17-31(43)42(19-38-27)30-6-4-5-21(2)33(44)40-29-18-39-41(3)32(29)23-13-14-37-28(30)16-23/h7-19,21,30,34H,4-6H2,1-3H3,(H,40,44)/t21-,30+/m1/s1. The monoisotopic (exact) mass is 610 g/mol. The molecule has 0 unspecified atom stereocenters. The summed E-state index contributed by atoms with van der Waals surface area (Å²) in [5.41, 5.74) is 6.43. The molecule has 4 heterocycles. The molecule has 5 aromatic rings. The van der Waals surface area contributed by atoms with Crippen molar-refractivity contribution in [2.45, 2.75) is 45.8 Å². The molecule has 0 aliphatic carbocycles. The average molecular weight is 611 g/mol. The van der Waals surface area contributed by atoms with Crippen LogP contribution in [0.1, 0.15) is 43.5 Å². The number of amides is 1. The van der Waals surface area contributed by atoms with Gasteiger partial charge in [0.25, 0.3) is 5.56 Å². The smallest absolute Gasteiger partial charge is 0.387 e. The van der Waals surface area contributed by atoms with Gasteiger partial charge in [0, 0.05) is 36.4 Å². The third-order valence-corrected chi connectivity index (χ3v) is 8.17. The van der Waals surface area contributed by atoms with E-state index >= 15 is 0 Å². The number of hydrogen-bond acceptors (Lipinski definition) is 6. The van der Waals surface area contributed by atoms with Crippen molar-refractivity contribution in [3.05, 3.63) is 101 Å². The van der Waals surface area contributed by atoms with E-state index in [1.54, 1.807) is 40.1 Å². The number of aromatic nitrogens is 5. The molecule has 2 bridgehead atoms. The minimum atomic E-state index is -2.91. The zero-order valence-corrected chi connectivity index (χ0v) is 25.1. The quantitative estimate of drug-likeness (QED) is 0.240. The van der Waals surface area contributed by atoms with Gasteiger partial charge in [-0.15, -0.1) is 0 Å². The lowest BCUT2D eigenvalue weighted by Crippen LogP contribution is -2.27. The van der Waals surface area contributed by atoms with Crippen molar-refractivity contribution in [1.29, 1.82) is 0 Å². The fraction of sp³-hybridized carbons (Fsp3) is 0.265.